The van der Waals surface area contributed by atoms with Crippen LogP contribution in [0.3, 0.4) is 0 Å². The van der Waals surface area contributed by atoms with Gasteiger partial charge >= 0.3 is 0 Å². The maximum atomic E-state index is 13.6. The first kappa shape index (κ1) is 22.0. The molecule has 4 rings (SSSR count). The number of halogens is 1. The van der Waals surface area contributed by atoms with E-state index in [1.807, 2.05) is 6.92 Å². The molecule has 0 aliphatic carbocycles. The smallest absolute Gasteiger partial charge is 0.280 e. The maximum absolute atomic E-state index is 13.6. The van der Waals surface area contributed by atoms with Gasteiger partial charge in [0.15, 0.2) is 0 Å². The average molecular weight is 464 g/mol. The fraction of sp³-hybridized carbons (Fsp3) is 0.0870. The molecule has 1 aromatic heterocycles. The molecule has 0 spiro atoms. The van der Waals surface area contributed by atoms with Crippen LogP contribution < -0.4 is 9.75 Å². The summed E-state index contributed by atoms with van der Waals surface area (Å²) in [7, 11) is 0. The predicted octanol–water partition coefficient (Wildman–Crippen LogP) is 5.42. The second-order valence-corrected chi connectivity index (χ2v) is 7.79. The van der Waals surface area contributed by atoms with Crippen molar-refractivity contribution in [1.82, 2.24) is 4.98 Å². The lowest BCUT2D eigenvalue weighted by atomic mass is 10.2. The topological polar surface area (TPSA) is 97.9 Å². The van der Waals surface area contributed by atoms with E-state index in [9.17, 15) is 19.3 Å². The standard InChI is InChI=1S/C23H17FN4O4S/c1-2-32-19-10-5-16(6-11-19)22(29)27(23-26-20-12-7-17(24)13-21(20)33-23)25-14-15-3-8-18(9-4-15)28(30)31/h3-14H,2H2,1H3/b25-14+. The number of nitrogens with zero attached hydrogens (tertiary/aromatic N) is 4. The second-order valence-electron chi connectivity index (χ2n) is 6.78. The monoisotopic (exact) mass is 464 g/mol. The zero-order valence-corrected chi connectivity index (χ0v) is 18.2. The Morgan fingerprint density at radius 2 is 1.91 bits per heavy atom. The van der Waals surface area contributed by atoms with Gasteiger partial charge in [-0.2, -0.15) is 10.1 Å². The summed E-state index contributed by atoms with van der Waals surface area (Å²) in [4.78, 5) is 28.1. The molecule has 1 heterocycles. The fourth-order valence-corrected chi connectivity index (χ4v) is 3.90. The largest absolute Gasteiger partial charge is 0.494 e. The van der Waals surface area contributed by atoms with Crippen LogP contribution in [-0.2, 0) is 0 Å². The number of hydrogen-bond acceptors (Lipinski definition) is 7. The van der Waals surface area contributed by atoms with Crippen LogP contribution in [-0.4, -0.2) is 28.6 Å². The first-order valence-corrected chi connectivity index (χ1v) is 10.7. The molecule has 8 nitrogen and oxygen atoms in total. The summed E-state index contributed by atoms with van der Waals surface area (Å²) in [6.45, 7) is 2.37. The molecule has 0 bridgehead atoms. The van der Waals surface area contributed by atoms with Gasteiger partial charge in [0.25, 0.3) is 11.6 Å². The number of rotatable bonds is 7. The molecule has 0 saturated heterocycles. The minimum absolute atomic E-state index is 0.0531. The Labute approximate surface area is 191 Å². The molecule has 33 heavy (non-hydrogen) atoms. The Morgan fingerprint density at radius 3 is 2.58 bits per heavy atom. The quantitative estimate of drug-likeness (QED) is 0.207. The lowest BCUT2D eigenvalue weighted by Gasteiger charge is -2.14. The SMILES string of the molecule is CCOc1ccc(C(=O)N(/N=C/c2ccc([N+](=O)[O-])cc2)c2nc3ccc(F)cc3s2)cc1. The number of thiazole rings is 1. The van der Waals surface area contributed by atoms with Crippen molar-refractivity contribution in [2.75, 3.05) is 11.6 Å². The first-order valence-electron chi connectivity index (χ1n) is 9.86. The van der Waals surface area contributed by atoms with Gasteiger partial charge in [0.1, 0.15) is 11.6 Å². The highest BCUT2D eigenvalue weighted by atomic mass is 32.1. The highest BCUT2D eigenvalue weighted by Gasteiger charge is 2.21. The molecule has 0 aliphatic heterocycles. The number of anilines is 1. The molecule has 166 valence electrons. The highest BCUT2D eigenvalue weighted by molar-refractivity contribution is 7.22. The molecule has 3 aromatic carbocycles. The minimum atomic E-state index is -0.497. The number of nitro benzene ring substituents is 1. The molecule has 0 radical (unpaired) electrons. The Balaban J connectivity index is 1.70. The normalized spacial score (nSPS) is 11.1. The summed E-state index contributed by atoms with van der Waals surface area (Å²) in [6.07, 6.45) is 1.41. The fourth-order valence-electron chi connectivity index (χ4n) is 2.95. The zero-order chi connectivity index (χ0) is 23.4. The van der Waals surface area contributed by atoms with Crippen molar-refractivity contribution in [2.45, 2.75) is 6.92 Å². The van der Waals surface area contributed by atoms with E-state index in [0.29, 0.717) is 33.7 Å². The lowest BCUT2D eigenvalue weighted by molar-refractivity contribution is -0.384. The summed E-state index contributed by atoms with van der Waals surface area (Å²) in [5.41, 5.74) is 1.39. The minimum Gasteiger partial charge on any atom is -0.494 e. The summed E-state index contributed by atoms with van der Waals surface area (Å²) >= 11 is 1.12. The molecule has 0 aliphatic rings. The number of carbonyl (C=O) groups excluding carboxylic acids is 1. The van der Waals surface area contributed by atoms with Gasteiger partial charge in [-0.1, -0.05) is 11.3 Å². The molecule has 1 amide bonds. The molecule has 0 saturated carbocycles. The number of nitro groups is 1. The van der Waals surface area contributed by atoms with E-state index < -0.39 is 16.6 Å². The number of carbonyl (C=O) groups is 1. The lowest BCUT2D eigenvalue weighted by Crippen LogP contribution is -2.25. The third kappa shape index (κ3) is 5.01. The van der Waals surface area contributed by atoms with Gasteiger partial charge in [-0.15, -0.1) is 0 Å². The van der Waals surface area contributed by atoms with Crippen LogP contribution in [0, 0.1) is 15.9 Å². The molecular weight excluding hydrogens is 447 g/mol. The van der Waals surface area contributed by atoms with Gasteiger partial charge in [0, 0.05) is 17.7 Å². The van der Waals surface area contributed by atoms with Crippen molar-refractivity contribution >= 4 is 44.5 Å². The van der Waals surface area contributed by atoms with Crippen LogP contribution in [0.4, 0.5) is 15.2 Å². The van der Waals surface area contributed by atoms with Gasteiger partial charge in [0.2, 0.25) is 5.13 Å². The summed E-state index contributed by atoms with van der Waals surface area (Å²) in [6, 6.07) is 16.5. The Kier molecular flexibility index (Phi) is 6.36. The summed E-state index contributed by atoms with van der Waals surface area (Å²) < 4.78 is 19.6. The zero-order valence-electron chi connectivity index (χ0n) is 17.3. The molecule has 0 fully saturated rings. The Bertz CT molecular complexity index is 1340. The van der Waals surface area contributed by atoms with E-state index in [-0.39, 0.29) is 10.8 Å². The van der Waals surface area contributed by atoms with E-state index in [1.165, 1.54) is 48.7 Å². The molecule has 0 atom stereocenters. The molecule has 10 heteroatoms. The van der Waals surface area contributed by atoms with Gasteiger partial charge < -0.3 is 4.74 Å². The maximum Gasteiger partial charge on any atom is 0.280 e. The van der Waals surface area contributed by atoms with Crippen LogP contribution in [0.5, 0.6) is 5.75 Å². The number of hydrogen-bond donors (Lipinski definition) is 0. The van der Waals surface area contributed by atoms with E-state index in [4.69, 9.17) is 4.74 Å². The van der Waals surface area contributed by atoms with Crippen LogP contribution in [0.1, 0.15) is 22.8 Å². The number of amides is 1. The van der Waals surface area contributed by atoms with E-state index in [1.54, 1.807) is 24.3 Å². The molecule has 0 N–H and O–H groups in total. The van der Waals surface area contributed by atoms with Crippen LogP contribution in [0.25, 0.3) is 10.2 Å². The number of aromatic nitrogens is 1. The molecule has 0 unspecified atom stereocenters. The number of hydrazone groups is 1. The predicted molar refractivity (Wildman–Crippen MR) is 125 cm³/mol. The van der Waals surface area contributed by atoms with Crippen LogP contribution in [0.15, 0.2) is 71.8 Å². The van der Waals surface area contributed by atoms with Crippen molar-refractivity contribution in [3.05, 3.63) is 93.8 Å². The summed E-state index contributed by atoms with van der Waals surface area (Å²) in [5, 5.41) is 16.5. The number of ether oxygens (including phenoxy) is 1. The third-order valence-electron chi connectivity index (χ3n) is 4.55. The first-order chi connectivity index (χ1) is 15.9. The van der Waals surface area contributed by atoms with Crippen LogP contribution >= 0.6 is 11.3 Å². The molecule has 4 aromatic rings. The highest BCUT2D eigenvalue weighted by Crippen LogP contribution is 2.31. The average Bonchev–Trinajstić information content (AvgIpc) is 3.23. The van der Waals surface area contributed by atoms with Crippen molar-refractivity contribution in [3.8, 4) is 5.75 Å². The third-order valence-corrected chi connectivity index (χ3v) is 5.54. The van der Waals surface area contributed by atoms with Crippen molar-refractivity contribution < 1.29 is 18.8 Å². The van der Waals surface area contributed by atoms with Crippen LogP contribution in [0.2, 0.25) is 0 Å². The number of fused-ring (bicyclic) bond motifs is 1. The van der Waals surface area contributed by atoms with E-state index in [2.05, 4.69) is 10.1 Å². The van der Waals surface area contributed by atoms with E-state index >= 15 is 0 Å². The van der Waals surface area contributed by atoms with E-state index in [0.717, 1.165) is 16.3 Å². The van der Waals surface area contributed by atoms with Gasteiger partial charge in [-0.3, -0.25) is 14.9 Å². The van der Waals surface area contributed by atoms with Gasteiger partial charge in [-0.05, 0) is 67.1 Å². The Hall–Kier alpha value is -4.18. The van der Waals surface area contributed by atoms with Gasteiger partial charge in [-0.25, -0.2) is 9.37 Å². The van der Waals surface area contributed by atoms with Crippen molar-refractivity contribution in [3.63, 3.8) is 0 Å². The van der Waals surface area contributed by atoms with Gasteiger partial charge in [0.05, 0.1) is 28.0 Å². The summed E-state index contributed by atoms with van der Waals surface area (Å²) in [5.74, 6) is -0.224. The van der Waals surface area contributed by atoms with Crippen molar-refractivity contribution in [1.29, 1.82) is 0 Å². The number of non-ortho nitro benzene ring substituents is 1. The number of benzene rings is 3. The van der Waals surface area contributed by atoms with Crippen molar-refractivity contribution in [2.24, 2.45) is 5.10 Å². The second kappa shape index (κ2) is 9.53. The molecular formula is C23H17FN4O4S. The Morgan fingerprint density at radius 1 is 1.18 bits per heavy atom.